The molecule has 1 aliphatic heterocycles. The number of anilines is 1. The Morgan fingerprint density at radius 3 is 3.05 bits per heavy atom. The number of aromatic nitrogens is 2. The quantitative estimate of drug-likeness (QED) is 0.864. The molecule has 1 aliphatic carbocycles. The van der Waals surface area contributed by atoms with Gasteiger partial charge in [0.15, 0.2) is 0 Å². The van der Waals surface area contributed by atoms with Crippen LogP contribution in [-0.2, 0) is 12.8 Å². The lowest BCUT2D eigenvalue weighted by atomic mass is 9.79. The van der Waals surface area contributed by atoms with Gasteiger partial charge in [0.25, 0.3) is 0 Å². The zero-order chi connectivity index (χ0) is 14.8. The van der Waals surface area contributed by atoms with E-state index >= 15 is 0 Å². The molecule has 0 spiro atoms. The minimum absolute atomic E-state index is 0.404. The van der Waals surface area contributed by atoms with Crippen molar-refractivity contribution in [3.05, 3.63) is 29.1 Å². The molecule has 2 N–H and O–H groups in total. The maximum Gasteiger partial charge on any atom is 0.220 e. The van der Waals surface area contributed by atoms with Gasteiger partial charge in [0.05, 0.1) is 0 Å². The van der Waals surface area contributed by atoms with E-state index in [4.69, 9.17) is 5.73 Å². The third kappa shape index (κ3) is 3.09. The summed E-state index contributed by atoms with van der Waals surface area (Å²) in [5.74, 6) is 2.12. The van der Waals surface area contributed by atoms with E-state index in [-0.39, 0.29) is 0 Å². The van der Waals surface area contributed by atoms with Crippen molar-refractivity contribution in [3.63, 3.8) is 0 Å². The number of nitrogens with zero attached hydrogens (tertiary/aromatic N) is 3. The van der Waals surface area contributed by atoms with Crippen molar-refractivity contribution in [2.75, 3.05) is 30.8 Å². The molecule has 4 nitrogen and oxygen atoms in total. The van der Waals surface area contributed by atoms with Gasteiger partial charge in [0.1, 0.15) is 0 Å². The highest BCUT2D eigenvalue weighted by Gasteiger charge is 2.35. The van der Waals surface area contributed by atoms with Gasteiger partial charge in [-0.15, -0.1) is 0 Å². The topological polar surface area (TPSA) is 55.0 Å². The average Bonchev–Trinajstić information content (AvgIpc) is 2.46. The molecule has 0 saturated carbocycles. The van der Waals surface area contributed by atoms with Crippen molar-refractivity contribution >= 4 is 17.7 Å². The summed E-state index contributed by atoms with van der Waals surface area (Å²) in [5.41, 5.74) is 9.76. The normalized spacial score (nSPS) is 25.1. The van der Waals surface area contributed by atoms with Crippen LogP contribution >= 0.6 is 11.8 Å². The van der Waals surface area contributed by atoms with E-state index in [0.29, 0.717) is 17.9 Å². The van der Waals surface area contributed by atoms with Crippen LogP contribution in [0.2, 0.25) is 0 Å². The first-order valence-corrected chi connectivity index (χ1v) is 9.13. The Morgan fingerprint density at radius 1 is 1.43 bits per heavy atom. The summed E-state index contributed by atoms with van der Waals surface area (Å²) in [7, 11) is 0. The molecule has 1 aromatic rings. The number of thioether (sulfide) groups is 1. The molecule has 21 heavy (non-hydrogen) atoms. The van der Waals surface area contributed by atoms with E-state index in [2.05, 4.69) is 34.1 Å². The zero-order valence-electron chi connectivity index (χ0n) is 12.9. The van der Waals surface area contributed by atoms with Crippen LogP contribution in [0, 0.1) is 5.92 Å². The first kappa shape index (κ1) is 14.9. The number of hydrogen-bond donors (Lipinski definition) is 1. The van der Waals surface area contributed by atoms with Crippen molar-refractivity contribution < 1.29 is 0 Å². The Kier molecular flexibility index (Phi) is 4.50. The number of rotatable bonds is 4. The van der Waals surface area contributed by atoms with Crippen LogP contribution in [0.3, 0.4) is 0 Å². The highest BCUT2D eigenvalue weighted by molar-refractivity contribution is 7.98. The number of nitrogen functional groups attached to an aromatic ring is 1. The third-order valence-electron chi connectivity index (χ3n) is 4.49. The van der Waals surface area contributed by atoms with Crippen molar-refractivity contribution in [2.24, 2.45) is 5.92 Å². The lowest BCUT2D eigenvalue weighted by Crippen LogP contribution is -2.49. The van der Waals surface area contributed by atoms with Crippen LogP contribution in [0.1, 0.15) is 24.6 Å². The molecule has 2 atom stereocenters. The van der Waals surface area contributed by atoms with Crippen LogP contribution in [0.15, 0.2) is 17.8 Å². The molecule has 0 aromatic carbocycles. The molecule has 0 unspecified atom stereocenters. The molecule has 0 fully saturated rings. The van der Waals surface area contributed by atoms with Gasteiger partial charge < -0.3 is 5.73 Å². The van der Waals surface area contributed by atoms with Crippen molar-refractivity contribution in [2.45, 2.75) is 32.2 Å². The Morgan fingerprint density at radius 2 is 2.29 bits per heavy atom. The Balaban J connectivity index is 1.89. The minimum atomic E-state index is 0.404. The highest BCUT2D eigenvalue weighted by Crippen LogP contribution is 2.33. The van der Waals surface area contributed by atoms with Crippen LogP contribution in [0.25, 0.3) is 0 Å². The second kappa shape index (κ2) is 6.36. The maximum atomic E-state index is 5.75. The molecule has 114 valence electrons. The van der Waals surface area contributed by atoms with E-state index in [9.17, 15) is 0 Å². The second-order valence-corrected chi connectivity index (χ2v) is 6.93. The maximum absolute atomic E-state index is 5.75. The Hall–Kier alpha value is -1.07. The molecule has 2 heterocycles. The van der Waals surface area contributed by atoms with Gasteiger partial charge in [-0.25, -0.2) is 9.97 Å². The van der Waals surface area contributed by atoms with Crippen molar-refractivity contribution in [3.8, 4) is 0 Å². The van der Waals surface area contributed by atoms with Gasteiger partial charge in [-0.1, -0.05) is 13.0 Å². The van der Waals surface area contributed by atoms with Gasteiger partial charge in [-0.05, 0) is 49.1 Å². The molecule has 1 aromatic heterocycles. The van der Waals surface area contributed by atoms with Gasteiger partial charge in [0.2, 0.25) is 5.95 Å². The van der Waals surface area contributed by atoms with Gasteiger partial charge in [0, 0.05) is 30.2 Å². The first-order valence-electron chi connectivity index (χ1n) is 7.74. The predicted molar refractivity (Wildman–Crippen MR) is 89.5 cm³/mol. The second-order valence-electron chi connectivity index (χ2n) is 6.07. The van der Waals surface area contributed by atoms with E-state index in [1.807, 2.05) is 18.0 Å². The summed E-state index contributed by atoms with van der Waals surface area (Å²) in [4.78, 5) is 11.3. The van der Waals surface area contributed by atoms with Gasteiger partial charge in [-0.2, -0.15) is 11.8 Å². The number of hydrogen-bond acceptors (Lipinski definition) is 5. The largest absolute Gasteiger partial charge is 0.368 e. The van der Waals surface area contributed by atoms with Gasteiger partial charge >= 0.3 is 0 Å². The highest BCUT2D eigenvalue weighted by atomic mass is 32.2. The molecule has 0 amide bonds. The van der Waals surface area contributed by atoms with Crippen LogP contribution < -0.4 is 5.73 Å². The Labute approximate surface area is 131 Å². The standard InChI is InChI=1S/C16H24N4S/c1-3-4-20-9-11(10-21-2)5-12-6-14-13(7-15(12)20)8-18-16(17)19-14/h5,8,12,15H,3-4,6-7,9-10H2,1-2H3,(H2,17,18,19)/t12-,15-/m0/s1. The van der Waals surface area contributed by atoms with Gasteiger partial charge in [-0.3, -0.25) is 4.90 Å². The average molecular weight is 304 g/mol. The molecular formula is C16H24N4S. The van der Waals surface area contributed by atoms with Crippen LogP contribution in [0.4, 0.5) is 5.95 Å². The van der Waals surface area contributed by atoms with Crippen molar-refractivity contribution in [1.82, 2.24) is 14.9 Å². The predicted octanol–water partition coefficient (Wildman–Crippen LogP) is 2.16. The minimum Gasteiger partial charge on any atom is -0.368 e. The summed E-state index contributed by atoms with van der Waals surface area (Å²) in [6.45, 7) is 4.57. The molecule has 0 bridgehead atoms. The Bertz CT molecular complexity index is 543. The smallest absolute Gasteiger partial charge is 0.220 e. The molecular weight excluding hydrogens is 280 g/mol. The van der Waals surface area contributed by atoms with E-state index in [1.165, 1.54) is 18.5 Å². The SMILES string of the molecule is CCCN1CC(CSC)=C[C@H]2Cc3nc(N)ncc3C[C@@H]21. The molecule has 0 radical (unpaired) electrons. The van der Waals surface area contributed by atoms with E-state index < -0.39 is 0 Å². The summed E-state index contributed by atoms with van der Waals surface area (Å²) >= 11 is 1.92. The van der Waals surface area contributed by atoms with Crippen molar-refractivity contribution in [1.29, 1.82) is 0 Å². The fourth-order valence-corrected chi connectivity index (χ4v) is 4.21. The number of nitrogens with two attached hydrogens (primary N) is 1. The fourth-order valence-electron chi connectivity index (χ4n) is 3.66. The summed E-state index contributed by atoms with van der Waals surface area (Å²) in [6.07, 6.45) is 9.89. The number of fused-ring (bicyclic) bond motifs is 2. The molecule has 5 heteroatoms. The fraction of sp³-hybridized carbons (Fsp3) is 0.625. The zero-order valence-corrected chi connectivity index (χ0v) is 13.7. The van der Waals surface area contributed by atoms with E-state index in [1.54, 1.807) is 5.57 Å². The monoisotopic (exact) mass is 304 g/mol. The van der Waals surface area contributed by atoms with Crippen LogP contribution in [-0.4, -0.2) is 46.0 Å². The summed E-state index contributed by atoms with van der Waals surface area (Å²) in [5, 5.41) is 0. The third-order valence-corrected chi connectivity index (χ3v) is 5.15. The lowest BCUT2D eigenvalue weighted by molar-refractivity contribution is 0.149. The molecule has 2 aliphatic rings. The molecule has 0 saturated heterocycles. The van der Waals surface area contributed by atoms with E-state index in [0.717, 1.165) is 30.8 Å². The first-order chi connectivity index (χ1) is 10.2. The molecule has 3 rings (SSSR count). The lowest BCUT2D eigenvalue weighted by Gasteiger charge is -2.43. The van der Waals surface area contributed by atoms with Crippen LogP contribution in [0.5, 0.6) is 0 Å². The summed E-state index contributed by atoms with van der Waals surface area (Å²) < 4.78 is 0. The summed E-state index contributed by atoms with van der Waals surface area (Å²) in [6, 6.07) is 0.607.